The van der Waals surface area contributed by atoms with Gasteiger partial charge in [-0.15, -0.1) is 0 Å². The van der Waals surface area contributed by atoms with Crippen molar-refractivity contribution in [1.29, 1.82) is 10.8 Å². The zero-order chi connectivity index (χ0) is 70.8. The number of carbonyl (C=O) groups is 9. The van der Waals surface area contributed by atoms with Gasteiger partial charge in [0.25, 0.3) is 0 Å². The zero-order valence-corrected chi connectivity index (χ0v) is 58.6. The molecule has 0 bridgehead atoms. The number of primary amides is 1. The number of phenolic OH excluding ortho intramolecular Hbond substituents is 1. The molecular weight excluding hydrogens is 1230 g/mol. The van der Waals surface area contributed by atoms with Crippen LogP contribution in [0.5, 0.6) is 5.75 Å². The molecule has 26 nitrogen and oxygen atoms in total. The highest BCUT2D eigenvalue weighted by atomic mass is 16.6. The molecule has 1 aromatic carbocycles. The van der Waals surface area contributed by atoms with Gasteiger partial charge in [-0.2, -0.15) is 0 Å². The summed E-state index contributed by atoms with van der Waals surface area (Å²) in [6, 6.07) is -2.54. The Kier molecular flexibility index (Phi) is 28.6. The van der Waals surface area contributed by atoms with Gasteiger partial charge < -0.3 is 79.8 Å². The van der Waals surface area contributed by atoms with Crippen LogP contribution in [-0.2, 0) is 49.5 Å². The number of ether oxygens (including phenoxy) is 1. The number of rotatable bonds is 34. The highest BCUT2D eigenvalue weighted by Crippen LogP contribution is 2.67. The minimum atomic E-state index is -1.34. The quantitative estimate of drug-likeness (QED) is 0.0192. The summed E-state index contributed by atoms with van der Waals surface area (Å²) in [7, 11) is 0. The van der Waals surface area contributed by atoms with E-state index in [9.17, 15) is 48.3 Å². The Morgan fingerprint density at radius 2 is 1.27 bits per heavy atom. The van der Waals surface area contributed by atoms with E-state index in [-0.39, 0.29) is 99.7 Å². The van der Waals surface area contributed by atoms with Crippen molar-refractivity contribution < 1.29 is 53.0 Å². The van der Waals surface area contributed by atoms with Gasteiger partial charge in [-0.25, -0.2) is 4.79 Å². The Morgan fingerprint density at radius 3 is 1.90 bits per heavy atom. The number of benzene rings is 1. The SMILES string of the molecule is CC(C)CCC(NC(=O)C(C)NC(=O)C(Cc1ccc(O)cc1)NC(=O)C(NC(=O)C(CCCNC(=N)N)NC(=O)C1CCCN1C(=O)C(CCCNC(=N)N)NC(=O)CNC(=O)O[C@@H]1CC[C@]2(C)C(=CC[C@@H]3[C@H]4CC[C@@H]([C@@H](C)CCC(C)C)[C@]4(C)CC[C@H]32)C1)C(C)C)C(N)=O. The van der Waals surface area contributed by atoms with Gasteiger partial charge >= 0.3 is 6.09 Å². The lowest BCUT2D eigenvalue weighted by Crippen LogP contribution is -2.61. The molecular formula is C70H115N15O11. The number of phenols is 1. The molecule has 7 unspecified atom stereocenters. The summed E-state index contributed by atoms with van der Waals surface area (Å²) in [5.41, 5.74) is 19.0. The number of amides is 9. The second-order valence-corrected chi connectivity index (χ2v) is 29.7. The smallest absolute Gasteiger partial charge is 0.407 e. The minimum absolute atomic E-state index is 0.0281. The summed E-state index contributed by atoms with van der Waals surface area (Å²) in [5, 5.41) is 49.5. The van der Waals surface area contributed by atoms with Gasteiger partial charge in [-0.05, 0) is 179 Å². The van der Waals surface area contributed by atoms with Gasteiger partial charge in [0.2, 0.25) is 47.3 Å². The lowest BCUT2D eigenvalue weighted by atomic mass is 9.47. The third-order valence-electron chi connectivity index (χ3n) is 21.5. The van der Waals surface area contributed by atoms with E-state index in [1.165, 1.54) is 68.1 Å². The molecule has 9 amide bonds. The van der Waals surface area contributed by atoms with Crippen molar-refractivity contribution in [3.63, 3.8) is 0 Å². The van der Waals surface area contributed by atoms with Crippen molar-refractivity contribution in [3.05, 3.63) is 41.5 Å². The monoisotopic (exact) mass is 1340 g/mol. The summed E-state index contributed by atoms with van der Waals surface area (Å²) in [6.07, 6.45) is 14.2. The fourth-order valence-corrected chi connectivity index (χ4v) is 16.0. The Bertz CT molecular complexity index is 2930. The summed E-state index contributed by atoms with van der Waals surface area (Å²) in [6.45, 7) is 20.8. The third-order valence-corrected chi connectivity index (χ3v) is 21.5. The zero-order valence-electron chi connectivity index (χ0n) is 58.6. The first-order valence-corrected chi connectivity index (χ1v) is 35.3. The van der Waals surface area contributed by atoms with Crippen LogP contribution < -0.4 is 65.1 Å². The molecule has 1 aromatic rings. The maximum Gasteiger partial charge on any atom is 0.407 e. The first kappa shape index (κ1) is 77.3. The molecule has 1 saturated heterocycles. The van der Waals surface area contributed by atoms with Gasteiger partial charge in [-0.1, -0.05) is 98.9 Å². The van der Waals surface area contributed by atoms with Crippen molar-refractivity contribution in [2.45, 2.75) is 240 Å². The average Bonchev–Trinajstić information content (AvgIpc) is 1.44. The average molecular weight is 1340 g/mol. The maximum absolute atomic E-state index is 14.7. The van der Waals surface area contributed by atoms with Crippen LogP contribution in [0.25, 0.3) is 0 Å². The second kappa shape index (κ2) is 35.5. The molecule has 536 valence electrons. The van der Waals surface area contributed by atoms with Crippen molar-refractivity contribution in [2.24, 2.45) is 75.4 Å². The summed E-state index contributed by atoms with van der Waals surface area (Å²) in [4.78, 5) is 126. The van der Waals surface area contributed by atoms with E-state index in [2.05, 4.69) is 88.5 Å². The molecule has 15 atom stereocenters. The van der Waals surface area contributed by atoms with Gasteiger partial charge in [0.1, 0.15) is 60.7 Å². The number of aromatic hydroxyl groups is 1. The van der Waals surface area contributed by atoms with Crippen LogP contribution >= 0.6 is 0 Å². The topological polar surface area (TPSA) is 420 Å². The Labute approximate surface area is 568 Å². The first-order valence-electron chi connectivity index (χ1n) is 35.3. The van der Waals surface area contributed by atoms with Gasteiger partial charge in [0.05, 0.1) is 0 Å². The lowest BCUT2D eigenvalue weighted by Gasteiger charge is -2.58. The molecule has 18 N–H and O–H groups in total. The van der Waals surface area contributed by atoms with E-state index in [1.807, 2.05) is 13.8 Å². The number of guanidine groups is 2. The van der Waals surface area contributed by atoms with Gasteiger partial charge in [0, 0.05) is 32.5 Å². The van der Waals surface area contributed by atoms with Crippen molar-refractivity contribution in [3.8, 4) is 5.75 Å². The van der Waals surface area contributed by atoms with Gasteiger partial charge in [0.15, 0.2) is 11.9 Å². The van der Waals surface area contributed by atoms with Crippen molar-refractivity contribution >= 4 is 65.3 Å². The van der Waals surface area contributed by atoms with Crippen LogP contribution in [0.4, 0.5) is 4.79 Å². The number of allylic oxidation sites excluding steroid dienone is 1. The Morgan fingerprint density at radius 1 is 0.646 bits per heavy atom. The molecule has 26 heteroatoms. The number of hydrogen-bond acceptors (Lipinski definition) is 13. The fourth-order valence-electron chi connectivity index (χ4n) is 16.0. The second-order valence-electron chi connectivity index (χ2n) is 29.7. The summed E-state index contributed by atoms with van der Waals surface area (Å²) in [5.74, 6) is -2.57. The largest absolute Gasteiger partial charge is 0.508 e. The van der Waals surface area contributed by atoms with Crippen molar-refractivity contribution in [1.82, 2.24) is 52.8 Å². The number of nitrogens with one attached hydrogen (secondary N) is 11. The Hall–Kier alpha value is -7.67. The molecule has 0 radical (unpaired) electrons. The number of nitrogens with two attached hydrogens (primary N) is 3. The third kappa shape index (κ3) is 21.4. The van der Waals surface area contributed by atoms with Crippen LogP contribution in [0.2, 0.25) is 0 Å². The predicted molar refractivity (Wildman–Crippen MR) is 367 cm³/mol. The molecule has 1 heterocycles. The minimum Gasteiger partial charge on any atom is -0.508 e. The molecule has 4 aliphatic carbocycles. The van der Waals surface area contributed by atoms with E-state index in [4.69, 9.17) is 32.8 Å². The molecule has 1 aliphatic heterocycles. The van der Waals surface area contributed by atoms with E-state index >= 15 is 0 Å². The van der Waals surface area contributed by atoms with Crippen LogP contribution in [0.3, 0.4) is 0 Å². The first-order chi connectivity index (χ1) is 45.3. The lowest BCUT2D eigenvalue weighted by molar-refractivity contribution is -0.142. The highest BCUT2D eigenvalue weighted by Gasteiger charge is 2.59. The number of nitrogens with zero attached hydrogens (tertiary/aromatic N) is 1. The van der Waals surface area contributed by atoms with Gasteiger partial charge in [-0.3, -0.25) is 49.2 Å². The molecule has 0 aromatic heterocycles. The van der Waals surface area contributed by atoms with E-state index in [0.29, 0.717) is 48.5 Å². The van der Waals surface area contributed by atoms with E-state index in [0.717, 1.165) is 36.5 Å². The predicted octanol–water partition coefficient (Wildman–Crippen LogP) is 4.70. The molecule has 3 saturated carbocycles. The molecule has 0 spiro atoms. The number of likely N-dealkylation sites (tertiary alicyclic amines) is 1. The molecule has 4 fully saturated rings. The van der Waals surface area contributed by atoms with E-state index < -0.39 is 108 Å². The molecule has 6 rings (SSSR count). The van der Waals surface area contributed by atoms with Crippen molar-refractivity contribution in [2.75, 3.05) is 26.2 Å². The standard InChI is InChI=1S/C70H115N15O11/c1-39(2)17-19-42(7)49-26-27-50-48-25-22-45-37-47(29-31-69(45,9)51(48)30-32-70(49,50)10)96-68(95)78-38-57(87)80-54(15-12-34-77-67(74)75)65(94)85-35-13-16-56(85)63(92)82-53(14-11-33-76-66(72)73)61(90)84-58(41(5)6)64(93)83-55(36-44-20-23-46(86)24-21-44)62(91)79-43(8)60(89)81-52(59(71)88)28-18-40(3)4/h20-24,39-43,47-56,58,86H,11-19,25-38H2,1-10H3,(H2,71,88)(H,78,95)(H,79,91)(H,80,87)(H,81,89)(H,82,92)(H,83,93)(H,84,90)(H4,72,73,76)(H4,74,75,77)/t42-,43?,47+,48+,49-,50+,51+,52?,53?,54?,55?,56?,58?,69+,70-/m0/s1. The highest BCUT2D eigenvalue weighted by molar-refractivity contribution is 5.98. The summed E-state index contributed by atoms with van der Waals surface area (Å²) >= 11 is 0. The normalized spacial score (nSPS) is 24.9. The number of fused-ring (bicyclic) bond motifs is 5. The van der Waals surface area contributed by atoms with Crippen LogP contribution in [0.1, 0.15) is 190 Å². The summed E-state index contributed by atoms with van der Waals surface area (Å²) < 4.78 is 6.00. The van der Waals surface area contributed by atoms with E-state index in [1.54, 1.807) is 26.0 Å². The van der Waals surface area contributed by atoms with Crippen LogP contribution in [0.15, 0.2) is 35.9 Å². The van der Waals surface area contributed by atoms with Crippen LogP contribution in [-0.4, -0.2) is 150 Å². The fraction of sp³-hybridized carbons (Fsp3) is 0.729. The molecule has 5 aliphatic rings. The molecule has 96 heavy (non-hydrogen) atoms. The number of alkyl carbamates (subject to hydrolysis) is 1. The number of carbonyl (C=O) groups excluding carboxylic acids is 9. The van der Waals surface area contributed by atoms with Crippen LogP contribution in [0, 0.1) is 69.0 Å². The Balaban J connectivity index is 1.08. The number of hydrogen-bond donors (Lipinski definition) is 15. The maximum atomic E-state index is 14.7.